The zero-order valence-electron chi connectivity index (χ0n) is 11.9. The van der Waals surface area contributed by atoms with E-state index in [1.807, 2.05) is 11.5 Å². The van der Waals surface area contributed by atoms with Gasteiger partial charge in [-0.25, -0.2) is 0 Å². The summed E-state index contributed by atoms with van der Waals surface area (Å²) in [6.07, 6.45) is -2.75. The Morgan fingerprint density at radius 2 is 2.00 bits per heavy atom. The molecule has 0 amide bonds. The second-order valence-corrected chi connectivity index (χ2v) is 4.72. The Morgan fingerprint density at radius 3 is 2.67 bits per heavy atom. The Kier molecular flexibility index (Phi) is 4.62. The van der Waals surface area contributed by atoms with E-state index in [1.165, 1.54) is 12.1 Å². The molecule has 2 rings (SSSR count). The number of hydrogen-bond donors (Lipinski definition) is 1. The molecule has 1 atom stereocenters. The number of hydrogen-bond acceptors (Lipinski definition) is 3. The molecule has 0 aliphatic carbocycles. The van der Waals surface area contributed by atoms with Gasteiger partial charge in [0.1, 0.15) is 12.2 Å². The van der Waals surface area contributed by atoms with Crippen molar-refractivity contribution in [3.63, 3.8) is 0 Å². The Labute approximate surface area is 121 Å². The van der Waals surface area contributed by atoms with Gasteiger partial charge in [0.05, 0.1) is 12.1 Å². The van der Waals surface area contributed by atoms with Crippen molar-refractivity contribution in [2.45, 2.75) is 39.2 Å². The maximum Gasteiger partial charge on any atom is 0.416 e. The minimum absolute atomic E-state index is 0.229. The standard InChI is InChI=1S/C14H17F3N4/c1-3-21-9-19-20-13(21)8-18-10(2)11-6-4-5-7-12(11)14(15,16)17/h4-7,9-10,18H,3,8H2,1-2H3. The summed E-state index contributed by atoms with van der Waals surface area (Å²) in [4.78, 5) is 0. The van der Waals surface area contributed by atoms with E-state index in [4.69, 9.17) is 0 Å². The number of alkyl halides is 3. The van der Waals surface area contributed by atoms with Crippen LogP contribution in [0.5, 0.6) is 0 Å². The van der Waals surface area contributed by atoms with Gasteiger partial charge in [-0.3, -0.25) is 0 Å². The summed E-state index contributed by atoms with van der Waals surface area (Å²) in [7, 11) is 0. The summed E-state index contributed by atoms with van der Waals surface area (Å²) in [5.74, 6) is 0.703. The molecule has 1 unspecified atom stereocenters. The highest BCUT2D eigenvalue weighted by Gasteiger charge is 2.34. The van der Waals surface area contributed by atoms with Gasteiger partial charge in [-0.15, -0.1) is 10.2 Å². The van der Waals surface area contributed by atoms with Crippen LogP contribution in [-0.2, 0) is 19.3 Å². The number of benzene rings is 1. The fourth-order valence-corrected chi connectivity index (χ4v) is 2.17. The van der Waals surface area contributed by atoms with E-state index in [0.29, 0.717) is 12.4 Å². The third-order valence-corrected chi connectivity index (χ3v) is 3.34. The van der Waals surface area contributed by atoms with E-state index < -0.39 is 17.8 Å². The number of nitrogens with zero attached hydrogens (tertiary/aromatic N) is 3. The molecular weight excluding hydrogens is 281 g/mol. The number of nitrogens with one attached hydrogen (secondary N) is 1. The third kappa shape index (κ3) is 3.60. The number of aryl methyl sites for hydroxylation is 1. The van der Waals surface area contributed by atoms with Crippen LogP contribution in [0.4, 0.5) is 13.2 Å². The van der Waals surface area contributed by atoms with E-state index in [9.17, 15) is 13.2 Å². The molecule has 0 saturated carbocycles. The number of rotatable bonds is 5. The summed E-state index contributed by atoms with van der Waals surface area (Å²) >= 11 is 0. The lowest BCUT2D eigenvalue weighted by molar-refractivity contribution is -0.138. The molecule has 0 fully saturated rings. The van der Waals surface area contributed by atoms with Gasteiger partial charge >= 0.3 is 6.18 Å². The predicted molar refractivity (Wildman–Crippen MR) is 72.4 cm³/mol. The van der Waals surface area contributed by atoms with Crippen LogP contribution in [0.2, 0.25) is 0 Å². The summed E-state index contributed by atoms with van der Waals surface area (Å²) in [6, 6.07) is 5.15. The monoisotopic (exact) mass is 298 g/mol. The molecule has 0 bridgehead atoms. The van der Waals surface area contributed by atoms with Gasteiger partial charge < -0.3 is 9.88 Å². The number of halogens is 3. The number of aromatic nitrogens is 3. The summed E-state index contributed by atoms with van der Waals surface area (Å²) < 4.78 is 40.8. The lowest BCUT2D eigenvalue weighted by Crippen LogP contribution is -2.23. The fourth-order valence-electron chi connectivity index (χ4n) is 2.17. The highest BCUT2D eigenvalue weighted by molar-refractivity contribution is 5.32. The first kappa shape index (κ1) is 15.5. The van der Waals surface area contributed by atoms with Crippen molar-refractivity contribution in [1.29, 1.82) is 0 Å². The van der Waals surface area contributed by atoms with Crippen molar-refractivity contribution in [2.24, 2.45) is 0 Å². The van der Waals surface area contributed by atoms with Gasteiger partial charge in [0.15, 0.2) is 0 Å². The van der Waals surface area contributed by atoms with E-state index >= 15 is 0 Å². The van der Waals surface area contributed by atoms with Gasteiger partial charge in [-0.05, 0) is 25.5 Å². The second kappa shape index (κ2) is 6.26. The van der Waals surface area contributed by atoms with Crippen molar-refractivity contribution in [2.75, 3.05) is 0 Å². The Bertz CT molecular complexity index is 592. The molecule has 4 nitrogen and oxygen atoms in total. The van der Waals surface area contributed by atoms with Crippen molar-refractivity contribution in [3.05, 3.63) is 47.5 Å². The van der Waals surface area contributed by atoms with Crippen LogP contribution in [0.1, 0.15) is 36.8 Å². The summed E-state index contributed by atoms with van der Waals surface area (Å²) in [5, 5.41) is 10.8. The predicted octanol–water partition coefficient (Wildman–Crippen LogP) is 3.17. The molecule has 1 N–H and O–H groups in total. The first-order valence-corrected chi connectivity index (χ1v) is 6.69. The SMILES string of the molecule is CCn1cnnc1CNC(C)c1ccccc1C(F)(F)F. The van der Waals surface area contributed by atoms with E-state index in [0.717, 1.165) is 12.6 Å². The normalized spacial score (nSPS) is 13.4. The first-order valence-electron chi connectivity index (χ1n) is 6.69. The lowest BCUT2D eigenvalue weighted by Gasteiger charge is -2.19. The maximum absolute atomic E-state index is 13.0. The van der Waals surface area contributed by atoms with E-state index in [2.05, 4.69) is 15.5 Å². The largest absolute Gasteiger partial charge is 0.416 e. The van der Waals surface area contributed by atoms with Gasteiger partial charge in [0.2, 0.25) is 0 Å². The molecule has 1 heterocycles. The van der Waals surface area contributed by atoms with Crippen LogP contribution in [0.3, 0.4) is 0 Å². The van der Waals surface area contributed by atoms with Crippen LogP contribution < -0.4 is 5.32 Å². The minimum atomic E-state index is -4.35. The van der Waals surface area contributed by atoms with Crippen LogP contribution in [0, 0.1) is 0 Å². The highest BCUT2D eigenvalue weighted by atomic mass is 19.4. The molecule has 114 valence electrons. The molecule has 7 heteroatoms. The van der Waals surface area contributed by atoms with E-state index in [-0.39, 0.29) is 5.56 Å². The third-order valence-electron chi connectivity index (χ3n) is 3.34. The van der Waals surface area contributed by atoms with Crippen LogP contribution in [0.25, 0.3) is 0 Å². The van der Waals surface area contributed by atoms with Crippen LogP contribution in [-0.4, -0.2) is 14.8 Å². The molecule has 0 spiro atoms. The average molecular weight is 298 g/mol. The smallest absolute Gasteiger partial charge is 0.317 e. The van der Waals surface area contributed by atoms with Gasteiger partial charge in [-0.2, -0.15) is 13.2 Å². The van der Waals surface area contributed by atoms with Gasteiger partial charge in [0.25, 0.3) is 0 Å². The molecule has 0 aliphatic rings. The molecule has 0 radical (unpaired) electrons. The van der Waals surface area contributed by atoms with Crippen molar-refractivity contribution < 1.29 is 13.2 Å². The van der Waals surface area contributed by atoms with Crippen molar-refractivity contribution >= 4 is 0 Å². The fraction of sp³-hybridized carbons (Fsp3) is 0.429. The van der Waals surface area contributed by atoms with Gasteiger partial charge in [-0.1, -0.05) is 18.2 Å². The maximum atomic E-state index is 13.0. The average Bonchev–Trinajstić information content (AvgIpc) is 2.91. The Balaban J connectivity index is 2.12. The molecule has 1 aromatic heterocycles. The minimum Gasteiger partial charge on any atom is -0.317 e. The van der Waals surface area contributed by atoms with Crippen LogP contribution in [0.15, 0.2) is 30.6 Å². The highest BCUT2D eigenvalue weighted by Crippen LogP contribution is 2.34. The Morgan fingerprint density at radius 1 is 1.29 bits per heavy atom. The zero-order chi connectivity index (χ0) is 15.5. The molecule has 0 aliphatic heterocycles. The molecular formula is C14H17F3N4. The van der Waals surface area contributed by atoms with Gasteiger partial charge in [0, 0.05) is 12.6 Å². The van der Waals surface area contributed by atoms with Crippen LogP contribution >= 0.6 is 0 Å². The zero-order valence-corrected chi connectivity index (χ0v) is 11.9. The first-order chi connectivity index (χ1) is 9.93. The topological polar surface area (TPSA) is 42.7 Å². The molecule has 2 aromatic rings. The summed E-state index contributed by atoms with van der Waals surface area (Å²) in [5.41, 5.74) is -0.380. The van der Waals surface area contributed by atoms with Crippen molar-refractivity contribution in [3.8, 4) is 0 Å². The quantitative estimate of drug-likeness (QED) is 0.922. The van der Waals surface area contributed by atoms with Crippen molar-refractivity contribution in [1.82, 2.24) is 20.1 Å². The lowest BCUT2D eigenvalue weighted by atomic mass is 10.0. The summed E-state index contributed by atoms with van der Waals surface area (Å²) in [6.45, 7) is 4.74. The molecule has 21 heavy (non-hydrogen) atoms. The van der Waals surface area contributed by atoms with E-state index in [1.54, 1.807) is 19.3 Å². The Hall–Kier alpha value is -1.89. The second-order valence-electron chi connectivity index (χ2n) is 4.72. The molecule has 0 saturated heterocycles. The molecule has 1 aromatic carbocycles.